The van der Waals surface area contributed by atoms with Gasteiger partial charge in [-0.3, -0.25) is 0 Å². The van der Waals surface area contributed by atoms with Gasteiger partial charge >= 0.3 is 0 Å². The van der Waals surface area contributed by atoms with Gasteiger partial charge in [-0.1, -0.05) is 178 Å². The van der Waals surface area contributed by atoms with Crippen LogP contribution in [0.5, 0.6) is 0 Å². The highest BCUT2D eigenvalue weighted by molar-refractivity contribution is 7.99. The van der Waals surface area contributed by atoms with Crippen molar-refractivity contribution >= 4 is 73.7 Å². The van der Waals surface area contributed by atoms with Gasteiger partial charge in [-0.15, -0.1) is 0 Å². The number of benzene rings is 9. The number of aryl methyl sites for hydroxylation is 1. The van der Waals surface area contributed by atoms with E-state index in [-0.39, 0.29) is 12.1 Å². The SMILES string of the molecule is Cc1cc2c3c(c1)-n1c4ccccc4c4cccc(c41)B3c1ccc3c(c1N2c1ccc(C(C)(C)C)cc1-c1ccccc1)-c1ccccc1C31c2ccccc2Sc2ccccc21. The monoisotopic (exact) mass is 834 g/mol. The van der Waals surface area contributed by atoms with E-state index in [9.17, 15) is 0 Å². The summed E-state index contributed by atoms with van der Waals surface area (Å²) in [6, 6.07) is 72.1. The van der Waals surface area contributed by atoms with Gasteiger partial charge in [0.15, 0.2) is 0 Å². The second-order valence-corrected chi connectivity index (χ2v) is 20.3. The van der Waals surface area contributed by atoms with Gasteiger partial charge in [-0.05, 0) is 116 Å². The van der Waals surface area contributed by atoms with Crippen LogP contribution in [-0.2, 0) is 10.8 Å². The summed E-state index contributed by atoms with van der Waals surface area (Å²) in [5.41, 5.74) is 24.2. The number of aromatic nitrogens is 1. The molecule has 10 aromatic rings. The van der Waals surface area contributed by atoms with Gasteiger partial charge in [-0.25, -0.2) is 0 Å². The second-order valence-electron chi connectivity index (χ2n) is 19.2. The summed E-state index contributed by atoms with van der Waals surface area (Å²) in [6.07, 6.45) is 0. The maximum absolute atomic E-state index is 2.70. The van der Waals surface area contributed by atoms with E-state index in [4.69, 9.17) is 0 Å². The zero-order chi connectivity index (χ0) is 42.6. The summed E-state index contributed by atoms with van der Waals surface area (Å²) in [6.45, 7) is 9.29. The van der Waals surface area contributed by atoms with Gasteiger partial charge in [0.25, 0.3) is 6.71 Å². The highest BCUT2D eigenvalue weighted by atomic mass is 32.2. The van der Waals surface area contributed by atoms with Gasteiger partial charge in [0.2, 0.25) is 0 Å². The molecule has 0 radical (unpaired) electrons. The van der Waals surface area contributed by atoms with E-state index < -0.39 is 5.41 Å². The Morgan fingerprint density at radius 2 is 1.19 bits per heavy atom. The lowest BCUT2D eigenvalue weighted by Gasteiger charge is -2.43. The molecule has 1 aromatic heterocycles. The minimum absolute atomic E-state index is 0.0156. The molecule has 64 heavy (non-hydrogen) atoms. The lowest BCUT2D eigenvalue weighted by atomic mass is 9.33. The molecule has 0 fully saturated rings. The van der Waals surface area contributed by atoms with Crippen LogP contribution >= 0.6 is 11.8 Å². The van der Waals surface area contributed by atoms with Crippen molar-refractivity contribution in [1.29, 1.82) is 0 Å². The number of hydrogen-bond acceptors (Lipinski definition) is 2. The molecular formula is C60H43BN2S. The molecule has 0 saturated heterocycles. The van der Waals surface area contributed by atoms with E-state index >= 15 is 0 Å². The molecule has 3 aliphatic heterocycles. The third-order valence-electron chi connectivity index (χ3n) is 14.8. The molecule has 1 spiro atoms. The number of hydrogen-bond donors (Lipinski definition) is 0. The van der Waals surface area contributed by atoms with Crippen molar-refractivity contribution in [3.63, 3.8) is 0 Å². The van der Waals surface area contributed by atoms with Crippen LogP contribution < -0.4 is 21.3 Å². The molecule has 4 aliphatic rings. The van der Waals surface area contributed by atoms with Crippen molar-refractivity contribution in [2.45, 2.75) is 48.3 Å². The minimum atomic E-state index is -0.500. The molecule has 0 atom stereocenters. The quantitative estimate of drug-likeness (QED) is 0.160. The van der Waals surface area contributed by atoms with Crippen molar-refractivity contribution in [1.82, 2.24) is 4.57 Å². The van der Waals surface area contributed by atoms with E-state index in [1.165, 1.54) is 126 Å². The summed E-state index contributed by atoms with van der Waals surface area (Å²) in [4.78, 5) is 5.34. The van der Waals surface area contributed by atoms with Crippen molar-refractivity contribution in [2.24, 2.45) is 0 Å². The lowest BCUT2D eigenvalue weighted by molar-refractivity contribution is 0.590. The Balaban J connectivity index is 1.18. The Bertz CT molecular complexity index is 3620. The first-order chi connectivity index (χ1) is 31.3. The number of rotatable bonds is 2. The number of fused-ring (bicyclic) bond motifs is 17. The van der Waals surface area contributed by atoms with Crippen molar-refractivity contribution in [3.05, 3.63) is 221 Å². The van der Waals surface area contributed by atoms with E-state index in [0.717, 1.165) is 0 Å². The van der Waals surface area contributed by atoms with Crippen molar-refractivity contribution in [3.8, 4) is 27.9 Å². The number of anilines is 3. The summed E-state index contributed by atoms with van der Waals surface area (Å²) in [5, 5.41) is 2.61. The topological polar surface area (TPSA) is 8.17 Å². The summed E-state index contributed by atoms with van der Waals surface area (Å²) < 4.78 is 2.58. The lowest BCUT2D eigenvalue weighted by Crippen LogP contribution is -2.60. The highest BCUT2D eigenvalue weighted by Gasteiger charge is 2.53. The Hall–Kier alpha value is -7.01. The molecule has 14 rings (SSSR count). The van der Waals surface area contributed by atoms with Crippen LogP contribution in [0.2, 0.25) is 0 Å². The fourth-order valence-electron chi connectivity index (χ4n) is 12.3. The number of para-hydroxylation sites is 2. The highest BCUT2D eigenvalue weighted by Crippen LogP contribution is 2.64. The van der Waals surface area contributed by atoms with E-state index in [2.05, 4.69) is 225 Å². The van der Waals surface area contributed by atoms with Gasteiger partial charge in [0.1, 0.15) is 0 Å². The fourth-order valence-corrected chi connectivity index (χ4v) is 13.5. The second kappa shape index (κ2) is 12.8. The molecule has 1 aliphatic carbocycles. The molecule has 0 amide bonds. The third-order valence-corrected chi connectivity index (χ3v) is 16.0. The van der Waals surface area contributed by atoms with E-state index in [0.29, 0.717) is 0 Å². The van der Waals surface area contributed by atoms with Crippen LogP contribution in [0.25, 0.3) is 49.7 Å². The zero-order valence-corrected chi connectivity index (χ0v) is 37.1. The van der Waals surface area contributed by atoms with Gasteiger partial charge in [-0.2, -0.15) is 0 Å². The first-order valence-electron chi connectivity index (χ1n) is 22.6. The maximum atomic E-state index is 2.70. The Labute approximate surface area is 378 Å². The Morgan fingerprint density at radius 1 is 0.516 bits per heavy atom. The molecule has 4 heteroatoms. The summed E-state index contributed by atoms with van der Waals surface area (Å²) in [5.74, 6) is 0. The molecule has 0 bridgehead atoms. The van der Waals surface area contributed by atoms with Gasteiger partial charge in [0.05, 0.1) is 16.6 Å². The maximum Gasteiger partial charge on any atom is 0.252 e. The fraction of sp³-hybridized carbons (Fsp3) is 0.100. The average molecular weight is 835 g/mol. The largest absolute Gasteiger partial charge is 0.310 e. The van der Waals surface area contributed by atoms with Crippen LogP contribution in [0.15, 0.2) is 198 Å². The first kappa shape index (κ1) is 36.5. The predicted molar refractivity (Wildman–Crippen MR) is 270 cm³/mol. The number of nitrogens with zero attached hydrogens (tertiary/aromatic N) is 2. The molecule has 0 saturated carbocycles. The normalized spacial score (nSPS) is 14.6. The first-order valence-corrected chi connectivity index (χ1v) is 23.4. The standard InChI is InChI=1S/C60H43BN2S/c1-36-33-51-56-52(34-36)63(50-32-29-38(59(2,3)4)35-42(50)37-17-6-5-7-18-37)58-48(61(56)47-25-16-21-40-39-19-9-13-26-49(39)62(51)57(40)47)31-30-46-55(58)41-20-8-10-22-43(41)60(46)44-23-11-14-27-53(44)64-54-28-15-12-24-45(54)60/h5-35H,1-4H3. The molecule has 0 unspecified atom stereocenters. The zero-order valence-electron chi connectivity index (χ0n) is 36.3. The van der Waals surface area contributed by atoms with Crippen LogP contribution in [0.1, 0.15) is 54.2 Å². The van der Waals surface area contributed by atoms with Crippen molar-refractivity contribution < 1.29 is 0 Å². The smallest absolute Gasteiger partial charge is 0.252 e. The van der Waals surface area contributed by atoms with Gasteiger partial charge in [0, 0.05) is 54.3 Å². The summed E-state index contributed by atoms with van der Waals surface area (Å²) in [7, 11) is 0. The van der Waals surface area contributed by atoms with E-state index in [1.807, 2.05) is 11.8 Å². The molecule has 2 nitrogen and oxygen atoms in total. The van der Waals surface area contributed by atoms with Gasteiger partial charge < -0.3 is 9.47 Å². The van der Waals surface area contributed by atoms with Crippen LogP contribution in [-0.4, -0.2) is 11.3 Å². The minimum Gasteiger partial charge on any atom is -0.310 e. The molecule has 0 N–H and O–H groups in total. The molecule has 302 valence electrons. The van der Waals surface area contributed by atoms with Crippen LogP contribution in [0.4, 0.5) is 17.1 Å². The molecule has 4 heterocycles. The summed E-state index contributed by atoms with van der Waals surface area (Å²) >= 11 is 1.91. The Kier molecular flexibility index (Phi) is 7.30. The molecule has 9 aromatic carbocycles. The van der Waals surface area contributed by atoms with Crippen LogP contribution in [0.3, 0.4) is 0 Å². The van der Waals surface area contributed by atoms with Crippen molar-refractivity contribution in [2.75, 3.05) is 4.90 Å². The van der Waals surface area contributed by atoms with Crippen LogP contribution in [0, 0.1) is 6.92 Å². The average Bonchev–Trinajstić information content (AvgIpc) is 3.82. The third kappa shape index (κ3) is 4.59. The predicted octanol–water partition coefficient (Wildman–Crippen LogP) is 13.5. The van der Waals surface area contributed by atoms with E-state index in [1.54, 1.807) is 0 Å². The Morgan fingerprint density at radius 3 is 1.97 bits per heavy atom. The molecular weight excluding hydrogens is 792 g/mol.